The molecule has 0 amide bonds. The van der Waals surface area contributed by atoms with Crippen molar-refractivity contribution in [1.29, 1.82) is 0 Å². The highest BCUT2D eigenvalue weighted by Gasteiger charge is 2.35. The zero-order chi connectivity index (χ0) is 26.3. The molecule has 1 unspecified atom stereocenters. The number of aliphatic hydroxyl groups is 1. The number of aromatic nitrogens is 3. The van der Waals surface area contributed by atoms with Crippen molar-refractivity contribution in [2.24, 2.45) is 0 Å². The van der Waals surface area contributed by atoms with Crippen molar-refractivity contribution >= 4 is 15.4 Å². The first kappa shape index (κ1) is 26.0. The molecular formula is C21H21F5N4O5S. The monoisotopic (exact) mass is 536 g/mol. The van der Waals surface area contributed by atoms with Crippen LogP contribution in [0.3, 0.4) is 0 Å². The Hall–Kier alpha value is -3.04. The molecule has 4 heterocycles. The first-order valence-electron chi connectivity index (χ1n) is 10.6. The molecular weight excluding hydrogens is 515 g/mol. The van der Waals surface area contributed by atoms with Gasteiger partial charge in [0, 0.05) is 23.9 Å². The van der Waals surface area contributed by atoms with Crippen LogP contribution in [-0.2, 0) is 9.84 Å². The largest absolute Gasteiger partial charge is 0.478 e. The second kappa shape index (κ2) is 9.44. The summed E-state index contributed by atoms with van der Waals surface area (Å²) in [6.45, 7) is 0.0269. The summed E-state index contributed by atoms with van der Waals surface area (Å²) in [5.41, 5.74) is -0.788. The van der Waals surface area contributed by atoms with Gasteiger partial charge in [-0.25, -0.2) is 26.7 Å². The number of nitrogens with one attached hydrogen (secondary N) is 1. The van der Waals surface area contributed by atoms with Gasteiger partial charge in [0.1, 0.15) is 33.1 Å². The lowest BCUT2D eigenvalue weighted by molar-refractivity contribution is -0.153. The van der Waals surface area contributed by atoms with E-state index in [1.165, 1.54) is 12.3 Å². The second-order valence-corrected chi connectivity index (χ2v) is 10.9. The summed E-state index contributed by atoms with van der Waals surface area (Å²) < 4.78 is 100. The van der Waals surface area contributed by atoms with Crippen molar-refractivity contribution in [3.05, 3.63) is 47.9 Å². The molecule has 0 bridgehead atoms. The number of sulfone groups is 1. The summed E-state index contributed by atoms with van der Waals surface area (Å²) in [5.74, 6) is -3.76. The van der Waals surface area contributed by atoms with Crippen molar-refractivity contribution in [1.82, 2.24) is 19.9 Å². The predicted octanol–water partition coefficient (Wildman–Crippen LogP) is 3.29. The Bertz CT molecular complexity index is 1370. The van der Waals surface area contributed by atoms with Crippen LogP contribution >= 0.6 is 0 Å². The van der Waals surface area contributed by atoms with E-state index >= 15 is 4.39 Å². The first-order chi connectivity index (χ1) is 16.7. The van der Waals surface area contributed by atoms with Gasteiger partial charge in [-0.05, 0) is 25.8 Å². The SMILES string of the molecule is CC1(NC(O)c2cc3c(F)c(Oc4ncc(F)cc4OCC(F)(F)F)ccn3n2)CCS(=O)(=O)CC1. The molecule has 4 rings (SSSR count). The number of hydrogen-bond donors (Lipinski definition) is 2. The molecule has 0 spiro atoms. The van der Waals surface area contributed by atoms with Gasteiger partial charge in [0.15, 0.2) is 23.9 Å². The smallest absolute Gasteiger partial charge is 0.422 e. The highest BCUT2D eigenvalue weighted by molar-refractivity contribution is 7.91. The number of alkyl halides is 3. The molecule has 196 valence electrons. The third-order valence-corrected chi connectivity index (χ3v) is 7.29. The van der Waals surface area contributed by atoms with Crippen LogP contribution in [0.2, 0.25) is 0 Å². The van der Waals surface area contributed by atoms with E-state index in [-0.39, 0.29) is 35.6 Å². The number of ether oxygens (including phenoxy) is 2. The van der Waals surface area contributed by atoms with Gasteiger partial charge in [-0.1, -0.05) is 0 Å². The fraction of sp³-hybridized carbons (Fsp3) is 0.429. The number of pyridine rings is 2. The highest BCUT2D eigenvalue weighted by atomic mass is 32.2. The lowest BCUT2D eigenvalue weighted by Gasteiger charge is -2.36. The Kier molecular flexibility index (Phi) is 6.83. The van der Waals surface area contributed by atoms with Gasteiger partial charge in [0.25, 0.3) is 5.88 Å². The zero-order valence-electron chi connectivity index (χ0n) is 18.7. The predicted molar refractivity (Wildman–Crippen MR) is 115 cm³/mol. The van der Waals surface area contributed by atoms with Crippen LogP contribution in [-0.4, -0.2) is 58.0 Å². The lowest BCUT2D eigenvalue weighted by Crippen LogP contribution is -2.49. The van der Waals surface area contributed by atoms with Gasteiger partial charge in [0.2, 0.25) is 0 Å². The standard InChI is InChI=1S/C21H21F5N4O5S/c1-20(3-6-36(32,33)7-4-20)28-18(31)13-9-14-17(23)15(2-5-30(14)29-13)35-19-16(8-12(22)10-27-19)34-11-21(24,25)26/h2,5,8-10,18,28,31H,3-4,6-7,11H2,1H3. The molecule has 1 aliphatic rings. The first-order valence-corrected chi connectivity index (χ1v) is 12.4. The van der Waals surface area contributed by atoms with E-state index in [1.54, 1.807) is 6.92 Å². The van der Waals surface area contributed by atoms with E-state index in [9.17, 15) is 31.1 Å². The van der Waals surface area contributed by atoms with E-state index in [4.69, 9.17) is 4.74 Å². The van der Waals surface area contributed by atoms with Crippen molar-refractivity contribution in [3.8, 4) is 17.4 Å². The number of fused-ring (bicyclic) bond motifs is 1. The second-order valence-electron chi connectivity index (χ2n) is 8.62. The van der Waals surface area contributed by atoms with Gasteiger partial charge in [-0.3, -0.25) is 5.32 Å². The van der Waals surface area contributed by atoms with Crippen LogP contribution in [0.5, 0.6) is 17.4 Å². The van der Waals surface area contributed by atoms with Gasteiger partial charge in [0.05, 0.1) is 17.7 Å². The summed E-state index contributed by atoms with van der Waals surface area (Å²) in [5, 5.41) is 17.6. The van der Waals surface area contributed by atoms with Crippen molar-refractivity contribution in [2.45, 2.75) is 37.7 Å². The molecule has 36 heavy (non-hydrogen) atoms. The third kappa shape index (κ3) is 6.02. The van der Waals surface area contributed by atoms with E-state index in [0.717, 1.165) is 10.6 Å². The van der Waals surface area contributed by atoms with Crippen molar-refractivity contribution in [2.75, 3.05) is 18.1 Å². The molecule has 2 N–H and O–H groups in total. The fourth-order valence-corrected chi connectivity index (χ4v) is 5.36. The Morgan fingerprint density at radius 1 is 1.22 bits per heavy atom. The van der Waals surface area contributed by atoms with Crippen LogP contribution in [0.1, 0.15) is 31.7 Å². The molecule has 15 heteroatoms. The van der Waals surface area contributed by atoms with Crippen LogP contribution in [0.4, 0.5) is 22.0 Å². The normalized spacial score (nSPS) is 18.2. The Balaban J connectivity index is 1.55. The van der Waals surface area contributed by atoms with Crippen molar-refractivity contribution in [3.63, 3.8) is 0 Å². The average molecular weight is 536 g/mol. The van der Waals surface area contributed by atoms with Gasteiger partial charge in [-0.15, -0.1) is 0 Å². The minimum absolute atomic E-state index is 0.0319. The molecule has 3 aromatic heterocycles. The maximum atomic E-state index is 15.2. The molecule has 3 aromatic rings. The number of nitrogens with zero attached hydrogens (tertiary/aromatic N) is 3. The van der Waals surface area contributed by atoms with Crippen LogP contribution in [0, 0.1) is 11.6 Å². The number of aliphatic hydroxyl groups excluding tert-OH is 1. The number of hydrogen-bond acceptors (Lipinski definition) is 8. The van der Waals surface area contributed by atoms with E-state index < -0.39 is 63.4 Å². The summed E-state index contributed by atoms with van der Waals surface area (Å²) in [6, 6.07) is 2.97. The molecule has 0 radical (unpaired) electrons. The average Bonchev–Trinajstić information content (AvgIpc) is 3.23. The Morgan fingerprint density at radius 3 is 2.58 bits per heavy atom. The summed E-state index contributed by atoms with van der Waals surface area (Å²) in [6.07, 6.45) is -3.56. The molecule has 0 aromatic carbocycles. The molecule has 9 nitrogen and oxygen atoms in total. The van der Waals surface area contributed by atoms with Gasteiger partial charge in [-0.2, -0.15) is 18.3 Å². The molecule has 1 aliphatic heterocycles. The maximum Gasteiger partial charge on any atom is 0.422 e. The minimum Gasteiger partial charge on any atom is -0.478 e. The molecule has 0 saturated carbocycles. The third-order valence-electron chi connectivity index (χ3n) is 5.64. The van der Waals surface area contributed by atoms with E-state index in [0.29, 0.717) is 12.3 Å². The van der Waals surface area contributed by atoms with Crippen LogP contribution < -0.4 is 14.8 Å². The highest BCUT2D eigenvalue weighted by Crippen LogP contribution is 2.34. The minimum atomic E-state index is -4.71. The molecule has 1 fully saturated rings. The quantitative estimate of drug-likeness (QED) is 0.349. The number of halogens is 5. The molecule has 1 saturated heterocycles. The maximum absolute atomic E-state index is 15.2. The molecule has 0 aliphatic carbocycles. The molecule has 1 atom stereocenters. The van der Waals surface area contributed by atoms with Gasteiger partial charge >= 0.3 is 6.18 Å². The zero-order valence-corrected chi connectivity index (χ0v) is 19.5. The Labute approximate surface area is 201 Å². The lowest BCUT2D eigenvalue weighted by atomic mass is 9.94. The summed E-state index contributed by atoms with van der Waals surface area (Å²) >= 11 is 0. The summed E-state index contributed by atoms with van der Waals surface area (Å²) in [4.78, 5) is 3.54. The fourth-order valence-electron chi connectivity index (χ4n) is 3.63. The van der Waals surface area contributed by atoms with Crippen LogP contribution in [0.25, 0.3) is 5.52 Å². The van der Waals surface area contributed by atoms with Crippen molar-refractivity contribution < 1.29 is 45.0 Å². The topological polar surface area (TPSA) is 115 Å². The Morgan fingerprint density at radius 2 is 1.92 bits per heavy atom. The van der Waals surface area contributed by atoms with E-state index in [2.05, 4.69) is 20.1 Å². The summed E-state index contributed by atoms with van der Waals surface area (Å²) in [7, 11) is -3.12. The number of rotatable bonds is 7. The van der Waals surface area contributed by atoms with Gasteiger partial charge < -0.3 is 14.6 Å². The van der Waals surface area contributed by atoms with E-state index in [1.807, 2.05) is 0 Å². The van der Waals surface area contributed by atoms with Crippen LogP contribution in [0.15, 0.2) is 30.6 Å².